The monoisotopic (exact) mass is 1020 g/mol. The first-order valence-electron chi connectivity index (χ1n) is 24.9. The Morgan fingerprint density at radius 2 is 0.667 bits per heavy atom. The molecule has 0 aliphatic carbocycles. The molecule has 0 aromatic heterocycles. The van der Waals surface area contributed by atoms with Crippen molar-refractivity contribution < 1.29 is 33.4 Å². The third-order valence-corrected chi connectivity index (χ3v) is 10.9. The predicted molar refractivity (Wildman–Crippen MR) is 307 cm³/mol. The summed E-state index contributed by atoms with van der Waals surface area (Å²) in [6.45, 7) is 18.9. The Bertz CT molecular complexity index is 3080. The van der Waals surface area contributed by atoms with Crippen LogP contribution in [0.1, 0.15) is 132 Å². The van der Waals surface area contributed by atoms with Gasteiger partial charge in [-0.3, -0.25) is 19.2 Å². The summed E-state index contributed by atoms with van der Waals surface area (Å²) in [7, 11) is 3.75. The highest BCUT2D eigenvalue weighted by Gasteiger charge is 2.18. The SMILES string of the molecule is CC(C)(C)Oc1ccc(C(=O)c2ccc(Oc3ccc(C(=O)c4ccccc4)cc3)cc2)cc1.CC(C)(C)c1ccc(C(=O)c2ccc(C(=O)c3ccc(Oc4cccc(S)c4)cc3)cc2)cc1.CC(C)C.CNC. The second kappa shape index (κ2) is 27.4. The molecule has 0 fully saturated rings. The van der Waals surface area contributed by atoms with Gasteiger partial charge in [0, 0.05) is 49.4 Å². The van der Waals surface area contributed by atoms with Gasteiger partial charge in [-0.05, 0) is 167 Å². The number of hydrogen-bond acceptors (Lipinski definition) is 9. The van der Waals surface area contributed by atoms with Gasteiger partial charge in [0.25, 0.3) is 0 Å². The summed E-state index contributed by atoms with van der Waals surface area (Å²) >= 11 is 4.31. The Balaban J connectivity index is 0.000000247. The number of hydrogen-bond donors (Lipinski definition) is 2. The number of thiol groups is 1. The first-order chi connectivity index (χ1) is 35.6. The van der Waals surface area contributed by atoms with Gasteiger partial charge in [-0.25, -0.2) is 0 Å². The summed E-state index contributed by atoms with van der Waals surface area (Å²) in [5.41, 5.74) is 5.58. The molecule has 8 nitrogen and oxygen atoms in total. The van der Waals surface area contributed by atoms with E-state index in [9.17, 15) is 19.2 Å². The van der Waals surface area contributed by atoms with Crippen molar-refractivity contribution in [2.24, 2.45) is 5.92 Å². The molecule has 0 saturated heterocycles. The van der Waals surface area contributed by atoms with E-state index in [1.807, 2.05) is 114 Å². The van der Waals surface area contributed by atoms with Crippen molar-refractivity contribution in [2.75, 3.05) is 14.1 Å². The molecular formula is C66H69NO7S. The molecule has 0 aliphatic heterocycles. The summed E-state index contributed by atoms with van der Waals surface area (Å²) in [5.74, 6) is 3.80. The summed E-state index contributed by atoms with van der Waals surface area (Å²) in [6, 6.07) is 59.2. The van der Waals surface area contributed by atoms with Crippen LogP contribution >= 0.6 is 12.6 Å². The van der Waals surface area contributed by atoms with Crippen molar-refractivity contribution in [3.63, 3.8) is 0 Å². The number of carbonyl (C=O) groups is 4. The molecule has 75 heavy (non-hydrogen) atoms. The third-order valence-electron chi connectivity index (χ3n) is 10.6. The van der Waals surface area contributed by atoms with Crippen LogP contribution in [0.2, 0.25) is 0 Å². The third kappa shape index (κ3) is 18.5. The van der Waals surface area contributed by atoms with E-state index in [0.29, 0.717) is 67.5 Å². The quantitative estimate of drug-likeness (QED) is 0.0869. The van der Waals surface area contributed by atoms with E-state index >= 15 is 0 Å². The molecule has 8 rings (SSSR count). The molecule has 0 atom stereocenters. The standard InChI is InChI=1S/C30H26O4.C30H26O3S.C4H10.C2H7N/c1-30(2,3)34-27-19-13-24(14-20-27)29(32)23-11-17-26(18-12-23)33-25-15-9-22(10-16-25)28(31)21-7-5-4-6-8-21;1-30(2,3)24-15-11-22(12-16-24)28(31)20-7-9-21(10-8-20)29(32)23-13-17-25(18-14-23)33-26-5-4-6-27(34)19-26;1-4(2)3;1-3-2/h4-20H,1-3H3;4-19,34H,1-3H3;4H,1-3H3;3H,1-2H3. The second-order valence-electron chi connectivity index (χ2n) is 20.3. The molecular weight excluding hydrogens is 951 g/mol. The number of rotatable bonds is 13. The average Bonchev–Trinajstić information content (AvgIpc) is 3.39. The van der Waals surface area contributed by atoms with Crippen LogP contribution in [0.3, 0.4) is 0 Å². The maximum atomic E-state index is 12.9. The summed E-state index contributed by atoms with van der Waals surface area (Å²) in [5, 5.41) is 2.75. The van der Waals surface area contributed by atoms with E-state index in [0.717, 1.165) is 16.6 Å². The van der Waals surface area contributed by atoms with Gasteiger partial charge in [-0.2, -0.15) is 0 Å². The van der Waals surface area contributed by atoms with Gasteiger partial charge in [0.05, 0.1) is 0 Å². The van der Waals surface area contributed by atoms with Gasteiger partial charge in [0.2, 0.25) is 0 Å². The predicted octanol–water partition coefficient (Wildman–Crippen LogP) is 16.1. The molecule has 0 aliphatic rings. The Kier molecular flexibility index (Phi) is 21.2. The molecule has 0 unspecified atom stereocenters. The first-order valence-corrected chi connectivity index (χ1v) is 25.4. The van der Waals surface area contributed by atoms with Crippen LogP contribution in [0.4, 0.5) is 0 Å². The van der Waals surface area contributed by atoms with Crippen molar-refractivity contribution in [1.29, 1.82) is 0 Å². The lowest BCUT2D eigenvalue weighted by Gasteiger charge is -2.21. The number of ketones is 4. The Labute approximate surface area is 449 Å². The molecule has 8 aromatic rings. The molecule has 9 heteroatoms. The van der Waals surface area contributed by atoms with Crippen molar-refractivity contribution in [3.05, 3.63) is 250 Å². The van der Waals surface area contributed by atoms with Gasteiger partial charge in [0.15, 0.2) is 23.1 Å². The molecule has 0 radical (unpaired) electrons. The van der Waals surface area contributed by atoms with Crippen molar-refractivity contribution in [1.82, 2.24) is 5.32 Å². The lowest BCUT2D eigenvalue weighted by atomic mass is 9.86. The van der Waals surface area contributed by atoms with Crippen LogP contribution in [-0.2, 0) is 5.41 Å². The molecule has 0 saturated carbocycles. The Morgan fingerprint density at radius 1 is 0.387 bits per heavy atom. The summed E-state index contributed by atoms with van der Waals surface area (Å²) in [6.07, 6.45) is 0. The van der Waals surface area contributed by atoms with Crippen molar-refractivity contribution >= 4 is 35.8 Å². The van der Waals surface area contributed by atoms with Gasteiger partial charge in [-0.15, -0.1) is 12.6 Å². The average molecular weight is 1020 g/mol. The zero-order valence-corrected chi connectivity index (χ0v) is 45.8. The van der Waals surface area contributed by atoms with E-state index in [4.69, 9.17) is 14.2 Å². The van der Waals surface area contributed by atoms with Gasteiger partial charge in [-0.1, -0.05) is 126 Å². The fourth-order valence-electron chi connectivity index (χ4n) is 7.02. The molecule has 0 bridgehead atoms. The molecule has 0 amide bonds. The van der Waals surface area contributed by atoms with E-state index in [1.54, 1.807) is 121 Å². The Hall–Kier alpha value is -7.85. The maximum absolute atomic E-state index is 12.9. The number of carbonyl (C=O) groups excluding carboxylic acids is 4. The van der Waals surface area contributed by atoms with Crippen LogP contribution in [0.25, 0.3) is 0 Å². The Morgan fingerprint density at radius 3 is 0.973 bits per heavy atom. The second-order valence-corrected chi connectivity index (χ2v) is 20.8. The van der Waals surface area contributed by atoms with Crippen LogP contribution in [-0.4, -0.2) is 42.8 Å². The van der Waals surface area contributed by atoms with Gasteiger partial charge in [0.1, 0.15) is 34.3 Å². The minimum atomic E-state index is -0.293. The smallest absolute Gasteiger partial charge is 0.193 e. The maximum Gasteiger partial charge on any atom is 0.193 e. The summed E-state index contributed by atoms with van der Waals surface area (Å²) < 4.78 is 17.5. The van der Waals surface area contributed by atoms with Gasteiger partial charge >= 0.3 is 0 Å². The minimum absolute atomic E-state index is 0.0332. The highest BCUT2D eigenvalue weighted by Crippen LogP contribution is 2.28. The highest BCUT2D eigenvalue weighted by atomic mass is 32.1. The van der Waals surface area contributed by atoms with Crippen LogP contribution in [0.5, 0.6) is 28.7 Å². The molecule has 8 aromatic carbocycles. The largest absolute Gasteiger partial charge is 0.488 e. The fraction of sp³-hybridized carbons (Fsp3) is 0.212. The summed E-state index contributed by atoms with van der Waals surface area (Å²) in [4.78, 5) is 51.9. The van der Waals surface area contributed by atoms with Crippen molar-refractivity contribution in [3.8, 4) is 28.7 Å². The fourth-order valence-corrected chi connectivity index (χ4v) is 7.23. The first kappa shape index (κ1) is 58.0. The molecule has 0 heterocycles. The zero-order chi connectivity index (χ0) is 54.7. The van der Waals surface area contributed by atoms with E-state index in [2.05, 4.69) is 59.5 Å². The van der Waals surface area contributed by atoms with E-state index in [1.165, 1.54) is 5.56 Å². The minimum Gasteiger partial charge on any atom is -0.488 e. The van der Waals surface area contributed by atoms with E-state index in [-0.39, 0.29) is 34.1 Å². The molecule has 1 N–H and O–H groups in total. The number of benzene rings is 8. The molecule has 0 spiro atoms. The number of ether oxygens (including phenoxy) is 3. The van der Waals surface area contributed by atoms with Crippen molar-refractivity contribution in [2.45, 2.75) is 78.2 Å². The molecule has 386 valence electrons. The highest BCUT2D eigenvalue weighted by molar-refractivity contribution is 7.80. The van der Waals surface area contributed by atoms with E-state index < -0.39 is 0 Å². The lowest BCUT2D eigenvalue weighted by Crippen LogP contribution is -2.22. The van der Waals surface area contributed by atoms with Crippen LogP contribution < -0.4 is 19.5 Å². The van der Waals surface area contributed by atoms with Gasteiger partial charge < -0.3 is 19.5 Å². The topological polar surface area (TPSA) is 108 Å². The van der Waals surface area contributed by atoms with Crippen LogP contribution in [0, 0.1) is 5.92 Å². The lowest BCUT2D eigenvalue weighted by molar-refractivity contribution is 0.102. The normalized spacial score (nSPS) is 10.8. The van der Waals surface area contributed by atoms with Crippen LogP contribution in [0.15, 0.2) is 205 Å². The zero-order valence-electron chi connectivity index (χ0n) is 44.9. The number of nitrogens with one attached hydrogen (secondary N) is 1.